The minimum atomic E-state index is -2.93. The molecule has 25 heavy (non-hydrogen) atoms. The van der Waals surface area contributed by atoms with Crippen LogP contribution in [0.5, 0.6) is 5.75 Å². The summed E-state index contributed by atoms with van der Waals surface area (Å²) < 4.78 is 28.1. The van der Waals surface area contributed by atoms with Crippen LogP contribution >= 0.6 is 0 Å². The van der Waals surface area contributed by atoms with Crippen molar-refractivity contribution in [2.45, 2.75) is 39.2 Å². The van der Waals surface area contributed by atoms with Gasteiger partial charge in [0.1, 0.15) is 15.6 Å². The molecule has 0 amide bonds. The van der Waals surface area contributed by atoms with Crippen molar-refractivity contribution in [3.05, 3.63) is 29.8 Å². The number of benzene rings is 1. The highest BCUT2D eigenvalue weighted by Crippen LogP contribution is 2.11. The molecule has 7 heteroatoms. The van der Waals surface area contributed by atoms with E-state index in [1.165, 1.54) is 11.8 Å². The molecule has 1 aromatic carbocycles. The zero-order valence-corrected chi connectivity index (χ0v) is 16.5. The SMILES string of the molecule is CN=C(NCCCCOc1ccc(C)cc1)NC(C)CCS(C)(=O)=O. The number of nitrogens with one attached hydrogen (secondary N) is 2. The zero-order valence-electron chi connectivity index (χ0n) is 15.7. The van der Waals surface area contributed by atoms with Gasteiger partial charge in [0.05, 0.1) is 12.4 Å². The summed E-state index contributed by atoms with van der Waals surface area (Å²) in [6.07, 6.45) is 3.72. The Bertz CT molecular complexity index is 627. The average Bonchev–Trinajstić information content (AvgIpc) is 2.56. The van der Waals surface area contributed by atoms with Gasteiger partial charge >= 0.3 is 0 Å². The van der Waals surface area contributed by atoms with Crippen molar-refractivity contribution >= 4 is 15.8 Å². The third-order valence-corrected chi connectivity index (χ3v) is 4.66. The maximum Gasteiger partial charge on any atom is 0.191 e. The second kappa shape index (κ2) is 11.0. The monoisotopic (exact) mass is 369 g/mol. The lowest BCUT2D eigenvalue weighted by Crippen LogP contribution is -2.43. The molecule has 6 nitrogen and oxygen atoms in total. The van der Waals surface area contributed by atoms with Gasteiger partial charge in [-0.2, -0.15) is 0 Å². The molecule has 0 aromatic heterocycles. The van der Waals surface area contributed by atoms with Gasteiger partial charge in [-0.25, -0.2) is 8.42 Å². The van der Waals surface area contributed by atoms with Crippen molar-refractivity contribution in [1.29, 1.82) is 0 Å². The molecule has 0 aliphatic heterocycles. The van der Waals surface area contributed by atoms with Gasteiger partial charge in [0.2, 0.25) is 0 Å². The molecule has 0 fully saturated rings. The summed E-state index contributed by atoms with van der Waals surface area (Å²) in [5, 5.41) is 6.44. The maximum atomic E-state index is 11.2. The van der Waals surface area contributed by atoms with Crippen molar-refractivity contribution in [2.24, 2.45) is 4.99 Å². The fourth-order valence-electron chi connectivity index (χ4n) is 2.15. The molecule has 1 rings (SSSR count). The van der Waals surface area contributed by atoms with E-state index in [9.17, 15) is 8.42 Å². The van der Waals surface area contributed by atoms with Crippen molar-refractivity contribution < 1.29 is 13.2 Å². The van der Waals surface area contributed by atoms with Crippen LogP contribution in [0.3, 0.4) is 0 Å². The second-order valence-electron chi connectivity index (χ2n) is 6.33. The maximum absolute atomic E-state index is 11.2. The smallest absolute Gasteiger partial charge is 0.191 e. The Hall–Kier alpha value is -1.76. The molecular formula is C18H31N3O3S. The molecule has 1 aromatic rings. The Balaban J connectivity index is 2.15. The van der Waals surface area contributed by atoms with Crippen LogP contribution in [0.2, 0.25) is 0 Å². The van der Waals surface area contributed by atoms with E-state index < -0.39 is 9.84 Å². The molecule has 0 saturated carbocycles. The van der Waals surface area contributed by atoms with Crippen LogP contribution in [0.4, 0.5) is 0 Å². The van der Waals surface area contributed by atoms with Gasteiger partial charge in [-0.1, -0.05) is 17.7 Å². The van der Waals surface area contributed by atoms with Gasteiger partial charge in [-0.3, -0.25) is 4.99 Å². The van der Waals surface area contributed by atoms with Gasteiger partial charge in [-0.05, 0) is 45.2 Å². The molecule has 1 atom stereocenters. The summed E-state index contributed by atoms with van der Waals surface area (Å²) in [5.41, 5.74) is 1.22. The van der Waals surface area contributed by atoms with Crippen molar-refractivity contribution in [3.8, 4) is 5.75 Å². The molecular weight excluding hydrogens is 338 g/mol. The van der Waals surface area contributed by atoms with Crippen LogP contribution in [-0.2, 0) is 9.84 Å². The van der Waals surface area contributed by atoms with E-state index in [-0.39, 0.29) is 11.8 Å². The Labute approximate surface area is 152 Å². The second-order valence-corrected chi connectivity index (χ2v) is 8.59. The number of nitrogens with zero attached hydrogens (tertiary/aromatic N) is 1. The Morgan fingerprint density at radius 1 is 1.24 bits per heavy atom. The number of aliphatic imine (C=N–C) groups is 1. The summed E-state index contributed by atoms with van der Waals surface area (Å²) in [6, 6.07) is 8.09. The van der Waals surface area contributed by atoms with Crippen LogP contribution in [0, 0.1) is 6.92 Å². The summed E-state index contributed by atoms with van der Waals surface area (Å²) in [4.78, 5) is 4.16. The molecule has 2 N–H and O–H groups in total. The van der Waals surface area contributed by atoms with E-state index >= 15 is 0 Å². The first-order chi connectivity index (χ1) is 11.8. The Morgan fingerprint density at radius 3 is 2.52 bits per heavy atom. The highest BCUT2D eigenvalue weighted by molar-refractivity contribution is 7.90. The van der Waals surface area contributed by atoms with E-state index in [1.807, 2.05) is 31.2 Å². The van der Waals surface area contributed by atoms with Gasteiger partial charge < -0.3 is 15.4 Å². The molecule has 1 unspecified atom stereocenters. The lowest BCUT2D eigenvalue weighted by Gasteiger charge is -2.17. The van der Waals surface area contributed by atoms with E-state index in [4.69, 9.17) is 4.74 Å². The fraction of sp³-hybridized carbons (Fsp3) is 0.611. The number of ether oxygens (including phenoxy) is 1. The third kappa shape index (κ3) is 10.7. The quantitative estimate of drug-likeness (QED) is 0.375. The van der Waals surface area contributed by atoms with Crippen LogP contribution in [0.1, 0.15) is 31.7 Å². The minimum Gasteiger partial charge on any atom is -0.494 e. The molecule has 142 valence electrons. The first-order valence-electron chi connectivity index (χ1n) is 8.64. The highest BCUT2D eigenvalue weighted by atomic mass is 32.2. The van der Waals surface area contributed by atoms with Crippen LogP contribution < -0.4 is 15.4 Å². The van der Waals surface area contributed by atoms with Crippen LogP contribution in [0.15, 0.2) is 29.3 Å². The lowest BCUT2D eigenvalue weighted by molar-refractivity contribution is 0.307. The normalized spacial score (nSPS) is 13.4. The first-order valence-corrected chi connectivity index (χ1v) is 10.7. The van der Waals surface area contributed by atoms with Crippen LogP contribution in [-0.4, -0.2) is 52.6 Å². The summed E-state index contributed by atoms with van der Waals surface area (Å²) in [7, 11) is -1.22. The van der Waals surface area contributed by atoms with E-state index in [1.54, 1.807) is 7.05 Å². The molecule has 0 saturated heterocycles. The van der Waals surface area contributed by atoms with Crippen molar-refractivity contribution in [3.63, 3.8) is 0 Å². The van der Waals surface area contributed by atoms with E-state index in [2.05, 4.69) is 22.5 Å². The predicted molar refractivity (Wildman–Crippen MR) is 104 cm³/mol. The topological polar surface area (TPSA) is 79.8 Å². The van der Waals surface area contributed by atoms with E-state index in [0.29, 0.717) is 19.0 Å². The summed E-state index contributed by atoms with van der Waals surface area (Å²) in [5.74, 6) is 1.77. The molecule has 0 heterocycles. The third-order valence-electron chi connectivity index (χ3n) is 3.68. The van der Waals surface area contributed by atoms with Gasteiger partial charge in [-0.15, -0.1) is 0 Å². The number of aryl methyl sites for hydroxylation is 1. The van der Waals surface area contributed by atoms with Crippen LogP contribution in [0.25, 0.3) is 0 Å². The lowest BCUT2D eigenvalue weighted by atomic mass is 10.2. The standard InChI is InChI=1S/C18H31N3O3S/c1-15-7-9-17(10-8-15)24-13-6-5-12-20-18(19-3)21-16(2)11-14-25(4,22)23/h7-10,16H,5-6,11-14H2,1-4H3,(H2,19,20,21). The molecule has 0 bridgehead atoms. The average molecular weight is 370 g/mol. The first kappa shape index (κ1) is 21.3. The zero-order chi connectivity index (χ0) is 18.7. The Kier molecular flexibility index (Phi) is 9.34. The number of hydrogen-bond donors (Lipinski definition) is 2. The Morgan fingerprint density at radius 2 is 1.92 bits per heavy atom. The van der Waals surface area contributed by atoms with Gasteiger partial charge in [0, 0.05) is 25.9 Å². The summed E-state index contributed by atoms with van der Waals surface area (Å²) in [6.45, 7) is 5.48. The largest absolute Gasteiger partial charge is 0.494 e. The number of unbranched alkanes of at least 4 members (excludes halogenated alkanes) is 1. The molecule has 0 radical (unpaired) electrons. The van der Waals surface area contributed by atoms with Gasteiger partial charge in [0.25, 0.3) is 0 Å². The summed E-state index contributed by atoms with van der Waals surface area (Å²) >= 11 is 0. The predicted octanol–water partition coefficient (Wildman–Crippen LogP) is 2.14. The van der Waals surface area contributed by atoms with Crippen molar-refractivity contribution in [2.75, 3.05) is 32.2 Å². The van der Waals surface area contributed by atoms with E-state index in [0.717, 1.165) is 25.1 Å². The number of guanidine groups is 1. The molecule has 0 aliphatic rings. The molecule has 0 aliphatic carbocycles. The van der Waals surface area contributed by atoms with Gasteiger partial charge in [0.15, 0.2) is 5.96 Å². The number of rotatable bonds is 10. The number of sulfone groups is 1. The highest BCUT2D eigenvalue weighted by Gasteiger charge is 2.09. The molecule has 0 spiro atoms. The van der Waals surface area contributed by atoms with Crippen molar-refractivity contribution in [1.82, 2.24) is 10.6 Å². The minimum absolute atomic E-state index is 0.0470. The number of hydrogen-bond acceptors (Lipinski definition) is 4. The fourth-order valence-corrected chi connectivity index (χ4v) is 2.93.